The van der Waals surface area contributed by atoms with Crippen molar-refractivity contribution in [3.05, 3.63) is 65.2 Å². The van der Waals surface area contributed by atoms with Crippen molar-refractivity contribution >= 4 is 35.2 Å². The Morgan fingerprint density at radius 1 is 1.15 bits per heavy atom. The third kappa shape index (κ3) is 6.06. The number of aliphatic carboxylic acids is 1. The van der Waals surface area contributed by atoms with Gasteiger partial charge in [-0.25, -0.2) is 4.79 Å². The van der Waals surface area contributed by atoms with Crippen LogP contribution in [0, 0.1) is 0 Å². The number of carboxylic acids is 1. The fourth-order valence-corrected chi connectivity index (χ4v) is 5.11. The lowest BCUT2D eigenvalue weighted by molar-refractivity contribution is -0.311. The summed E-state index contributed by atoms with van der Waals surface area (Å²) in [5, 5.41) is 12.7. The first-order valence-corrected chi connectivity index (χ1v) is 11.7. The van der Waals surface area contributed by atoms with Gasteiger partial charge in [-0.2, -0.15) is 0 Å². The highest BCUT2D eigenvalue weighted by Crippen LogP contribution is 2.40. The smallest absolute Gasteiger partial charge is 0.329 e. The standard InChI is InChI=1S/C23H24ClNO7S/c1-13(26)25-19-21(29-12-18(27)28)20-17(11-30-22(32-20)14-5-3-2-4-6-14)31-23(19)33-16-9-7-15(24)8-10-16/h2-10,17,19-23H,11-12H2,1H3,(H,25,26)(H,27,28). The van der Waals surface area contributed by atoms with Crippen molar-refractivity contribution in [1.82, 2.24) is 5.32 Å². The zero-order valence-electron chi connectivity index (χ0n) is 17.8. The van der Waals surface area contributed by atoms with Gasteiger partial charge >= 0.3 is 5.97 Å². The predicted molar refractivity (Wildman–Crippen MR) is 121 cm³/mol. The van der Waals surface area contributed by atoms with E-state index < -0.39 is 48.7 Å². The molecule has 1 amide bonds. The predicted octanol–water partition coefficient (Wildman–Crippen LogP) is 3.25. The molecule has 2 aliphatic heterocycles. The van der Waals surface area contributed by atoms with Crippen molar-refractivity contribution in [2.24, 2.45) is 0 Å². The molecule has 2 saturated heterocycles. The van der Waals surface area contributed by atoms with Crippen LogP contribution in [-0.4, -0.2) is 60.0 Å². The number of thioether (sulfide) groups is 1. The highest BCUT2D eigenvalue weighted by atomic mass is 35.5. The van der Waals surface area contributed by atoms with Crippen molar-refractivity contribution in [2.75, 3.05) is 13.2 Å². The number of hydrogen-bond acceptors (Lipinski definition) is 7. The number of carboxylic acid groups (broad SMARTS) is 1. The van der Waals surface area contributed by atoms with E-state index in [-0.39, 0.29) is 12.5 Å². The summed E-state index contributed by atoms with van der Waals surface area (Å²) in [6.45, 7) is 1.08. The molecule has 2 fully saturated rings. The average molecular weight is 494 g/mol. The lowest BCUT2D eigenvalue weighted by Gasteiger charge is -2.49. The Hall–Kier alpha value is -2.14. The van der Waals surface area contributed by atoms with Crippen molar-refractivity contribution in [2.45, 2.75) is 47.9 Å². The summed E-state index contributed by atoms with van der Waals surface area (Å²) >= 11 is 7.38. The Morgan fingerprint density at radius 3 is 2.55 bits per heavy atom. The van der Waals surface area contributed by atoms with Crippen LogP contribution in [-0.2, 0) is 28.5 Å². The van der Waals surface area contributed by atoms with Gasteiger partial charge in [0, 0.05) is 22.4 Å². The molecule has 2 heterocycles. The number of carbonyl (C=O) groups excluding carboxylic acids is 1. The number of amides is 1. The number of nitrogens with one attached hydrogen (secondary N) is 1. The number of halogens is 1. The van der Waals surface area contributed by atoms with Crippen LogP contribution in [0.2, 0.25) is 5.02 Å². The van der Waals surface area contributed by atoms with Crippen LogP contribution >= 0.6 is 23.4 Å². The van der Waals surface area contributed by atoms with Crippen molar-refractivity contribution in [3.63, 3.8) is 0 Å². The van der Waals surface area contributed by atoms with E-state index in [1.54, 1.807) is 12.1 Å². The van der Waals surface area contributed by atoms with Crippen molar-refractivity contribution < 1.29 is 33.6 Å². The van der Waals surface area contributed by atoms with E-state index in [2.05, 4.69) is 5.32 Å². The molecule has 10 heteroatoms. The zero-order valence-corrected chi connectivity index (χ0v) is 19.3. The molecule has 0 aromatic heterocycles. The fourth-order valence-electron chi connectivity index (χ4n) is 3.85. The van der Waals surface area contributed by atoms with E-state index in [0.717, 1.165) is 10.5 Å². The first kappa shape index (κ1) is 24.0. The first-order chi connectivity index (χ1) is 15.9. The topological polar surface area (TPSA) is 103 Å². The highest BCUT2D eigenvalue weighted by Gasteiger charge is 2.51. The molecule has 6 unspecified atom stereocenters. The quantitative estimate of drug-likeness (QED) is 0.606. The van der Waals surface area contributed by atoms with Crippen LogP contribution < -0.4 is 5.32 Å². The normalized spacial score (nSPS) is 29.2. The molecule has 33 heavy (non-hydrogen) atoms. The molecule has 4 rings (SSSR count). The Bertz CT molecular complexity index is 961. The fraction of sp³-hybridized carbons (Fsp3) is 0.391. The second kappa shape index (κ2) is 10.9. The van der Waals surface area contributed by atoms with Gasteiger partial charge in [-0.3, -0.25) is 4.79 Å². The van der Waals surface area contributed by atoms with Crippen molar-refractivity contribution in [3.8, 4) is 0 Å². The monoisotopic (exact) mass is 493 g/mol. The number of benzene rings is 2. The molecule has 2 aromatic carbocycles. The van der Waals surface area contributed by atoms with E-state index >= 15 is 0 Å². The second-order valence-electron chi connectivity index (χ2n) is 7.69. The molecule has 0 bridgehead atoms. The molecule has 2 N–H and O–H groups in total. The number of fused-ring (bicyclic) bond motifs is 1. The summed E-state index contributed by atoms with van der Waals surface area (Å²) in [6.07, 6.45) is -2.60. The lowest BCUT2D eigenvalue weighted by atomic mass is 9.96. The number of rotatable bonds is 7. The molecule has 8 nitrogen and oxygen atoms in total. The molecule has 0 spiro atoms. The van der Waals surface area contributed by atoms with Gasteiger partial charge in [-0.15, -0.1) is 0 Å². The van der Waals surface area contributed by atoms with Crippen LogP contribution in [0.4, 0.5) is 0 Å². The van der Waals surface area contributed by atoms with Gasteiger partial charge in [0.15, 0.2) is 6.29 Å². The molecular formula is C23H24ClNO7S. The third-order valence-corrected chi connectivity index (χ3v) is 6.68. The van der Waals surface area contributed by atoms with E-state index in [0.29, 0.717) is 5.02 Å². The molecule has 0 radical (unpaired) electrons. The molecule has 6 atom stereocenters. The molecule has 0 saturated carbocycles. The number of carbonyl (C=O) groups is 2. The average Bonchev–Trinajstić information content (AvgIpc) is 2.80. The van der Waals surface area contributed by atoms with Crippen molar-refractivity contribution in [1.29, 1.82) is 0 Å². The first-order valence-electron chi connectivity index (χ1n) is 10.4. The third-order valence-electron chi connectivity index (χ3n) is 5.25. The van der Waals surface area contributed by atoms with Crippen LogP contribution in [0.3, 0.4) is 0 Å². The summed E-state index contributed by atoms with van der Waals surface area (Å²) < 4.78 is 24.2. The largest absolute Gasteiger partial charge is 0.480 e. The van der Waals surface area contributed by atoms with Crippen LogP contribution in [0.15, 0.2) is 59.5 Å². The Labute approximate surface area is 200 Å². The molecule has 2 aliphatic rings. The maximum atomic E-state index is 12.1. The highest BCUT2D eigenvalue weighted by molar-refractivity contribution is 7.99. The summed E-state index contributed by atoms with van der Waals surface area (Å²) in [5.41, 5.74) is 0.247. The zero-order chi connectivity index (χ0) is 23.4. The molecule has 2 aromatic rings. The van der Waals surface area contributed by atoms with Gasteiger partial charge in [0.2, 0.25) is 5.91 Å². The van der Waals surface area contributed by atoms with Gasteiger partial charge in [0.1, 0.15) is 30.4 Å². The van der Waals surface area contributed by atoms with Crippen LogP contribution in [0.25, 0.3) is 0 Å². The summed E-state index contributed by atoms with van der Waals surface area (Å²) in [6, 6.07) is 16.0. The van der Waals surface area contributed by atoms with E-state index in [1.807, 2.05) is 42.5 Å². The van der Waals surface area contributed by atoms with Crippen LogP contribution in [0.5, 0.6) is 0 Å². The Balaban J connectivity index is 1.61. The van der Waals surface area contributed by atoms with E-state index in [4.69, 9.17) is 30.5 Å². The van der Waals surface area contributed by atoms with Gasteiger partial charge in [-0.05, 0) is 24.3 Å². The molecular weight excluding hydrogens is 470 g/mol. The lowest BCUT2D eigenvalue weighted by Crippen LogP contribution is -2.66. The van der Waals surface area contributed by atoms with Gasteiger partial charge in [0.25, 0.3) is 0 Å². The minimum atomic E-state index is -1.12. The SMILES string of the molecule is CC(=O)NC1C(Sc2ccc(Cl)cc2)OC2COC(c3ccccc3)OC2C1OCC(=O)O. The van der Waals surface area contributed by atoms with Gasteiger partial charge < -0.3 is 29.4 Å². The number of ether oxygens (including phenoxy) is 4. The molecule has 0 aliphatic carbocycles. The molecule has 176 valence electrons. The minimum Gasteiger partial charge on any atom is -0.480 e. The maximum Gasteiger partial charge on any atom is 0.329 e. The van der Waals surface area contributed by atoms with E-state index in [1.165, 1.54) is 18.7 Å². The summed E-state index contributed by atoms with van der Waals surface area (Å²) in [7, 11) is 0. The second-order valence-corrected chi connectivity index (χ2v) is 9.30. The number of hydrogen-bond donors (Lipinski definition) is 2. The van der Waals surface area contributed by atoms with Crippen LogP contribution in [0.1, 0.15) is 18.8 Å². The Kier molecular flexibility index (Phi) is 7.90. The Morgan fingerprint density at radius 2 is 1.88 bits per heavy atom. The van der Waals surface area contributed by atoms with Gasteiger partial charge in [-0.1, -0.05) is 53.7 Å². The summed E-state index contributed by atoms with van der Waals surface area (Å²) in [5.74, 6) is -1.41. The van der Waals surface area contributed by atoms with Gasteiger partial charge in [0.05, 0.1) is 12.6 Å². The minimum absolute atomic E-state index is 0.224. The maximum absolute atomic E-state index is 12.1. The van der Waals surface area contributed by atoms with E-state index in [9.17, 15) is 14.7 Å². The summed E-state index contributed by atoms with van der Waals surface area (Å²) in [4.78, 5) is 24.2.